The van der Waals surface area contributed by atoms with Gasteiger partial charge in [0.15, 0.2) is 0 Å². The van der Waals surface area contributed by atoms with Crippen molar-refractivity contribution in [3.63, 3.8) is 0 Å². The molecule has 0 bridgehead atoms. The Hall–Kier alpha value is -2.28. The van der Waals surface area contributed by atoms with Crippen LogP contribution in [-0.2, 0) is 19.2 Å². The average molecular weight is 342 g/mol. The summed E-state index contributed by atoms with van der Waals surface area (Å²) in [5, 5.41) is 0. The molecule has 0 spiro atoms. The Morgan fingerprint density at radius 2 is 0.750 bits per heavy atom. The lowest BCUT2D eigenvalue weighted by Crippen LogP contribution is -2.43. The third kappa shape index (κ3) is 2.80. The van der Waals surface area contributed by atoms with Crippen molar-refractivity contribution in [2.75, 3.05) is 0 Å². The lowest BCUT2D eigenvalue weighted by atomic mass is 9.81. The first-order valence-corrected chi connectivity index (χ1v) is 7.43. The van der Waals surface area contributed by atoms with Crippen molar-refractivity contribution < 1.29 is 19.2 Å². The fourth-order valence-corrected chi connectivity index (χ4v) is 4.36. The predicted molar refractivity (Wildman–Crippen MR) is 79.5 cm³/mol. The molecular weight excluding hydrogens is 320 g/mol. The maximum absolute atomic E-state index is 12.1. The highest BCUT2D eigenvalue weighted by Gasteiger charge is 2.61. The Morgan fingerprint density at radius 3 is 0.917 bits per heavy atom. The minimum Gasteiger partial charge on any atom is -0.294 e. The second kappa shape index (κ2) is 7.09. The quantitative estimate of drug-likeness (QED) is 0.141. The smallest absolute Gasteiger partial charge is 0.237 e. The van der Waals surface area contributed by atoms with E-state index in [4.69, 9.17) is 23.4 Å². The van der Waals surface area contributed by atoms with E-state index >= 15 is 0 Å². The van der Waals surface area contributed by atoms with E-state index in [-0.39, 0.29) is 12.8 Å². The molecule has 2 aliphatic rings. The molecule has 12 N–H and O–H groups in total. The van der Waals surface area contributed by atoms with E-state index in [1.165, 1.54) is 0 Å². The van der Waals surface area contributed by atoms with Crippen LogP contribution in [-0.4, -0.2) is 23.6 Å². The summed E-state index contributed by atoms with van der Waals surface area (Å²) in [5.74, 6) is 14.8. The Labute approximate surface area is 137 Å². The maximum atomic E-state index is 12.1. The minimum atomic E-state index is -0.722. The van der Waals surface area contributed by atoms with E-state index in [2.05, 4.69) is 0 Å². The van der Waals surface area contributed by atoms with Crippen molar-refractivity contribution in [2.45, 2.75) is 12.8 Å². The highest BCUT2D eigenvalue weighted by Crippen LogP contribution is 2.56. The Bertz CT molecular complexity index is 463. The number of hydrazine groups is 4. The van der Waals surface area contributed by atoms with E-state index in [0.717, 1.165) is 0 Å². The Balaban J connectivity index is 2.46. The van der Waals surface area contributed by atoms with Gasteiger partial charge >= 0.3 is 0 Å². The van der Waals surface area contributed by atoms with Crippen LogP contribution >= 0.6 is 0 Å². The highest BCUT2D eigenvalue weighted by molar-refractivity contribution is 5.89. The molecule has 6 atom stereocenters. The third-order valence-corrected chi connectivity index (χ3v) is 5.23. The molecule has 4 amide bonds. The van der Waals surface area contributed by atoms with Gasteiger partial charge in [-0.05, 0) is 24.7 Å². The number of nitrogens with two attached hydrogens (primary N) is 4. The van der Waals surface area contributed by atoms with E-state index in [1.807, 2.05) is 21.7 Å². The van der Waals surface area contributed by atoms with Crippen LogP contribution < -0.4 is 45.1 Å². The zero-order valence-corrected chi connectivity index (χ0v) is 12.8. The normalized spacial score (nSPS) is 34.2. The van der Waals surface area contributed by atoms with Crippen LogP contribution in [0.1, 0.15) is 12.8 Å². The summed E-state index contributed by atoms with van der Waals surface area (Å²) in [6, 6.07) is 0. The van der Waals surface area contributed by atoms with E-state index in [1.54, 1.807) is 0 Å². The molecule has 0 aliphatic heterocycles. The van der Waals surface area contributed by atoms with Crippen molar-refractivity contribution in [1.82, 2.24) is 21.7 Å². The van der Waals surface area contributed by atoms with Gasteiger partial charge in [0.05, 0.1) is 0 Å². The van der Waals surface area contributed by atoms with Crippen LogP contribution in [0, 0.1) is 35.5 Å². The fraction of sp³-hybridized carbons (Fsp3) is 0.667. The van der Waals surface area contributed by atoms with Crippen LogP contribution in [0.5, 0.6) is 0 Å². The van der Waals surface area contributed by atoms with Crippen molar-refractivity contribution in [3.8, 4) is 0 Å². The molecule has 2 aliphatic carbocycles. The zero-order valence-electron chi connectivity index (χ0n) is 12.8. The first kappa shape index (κ1) is 18.1. The summed E-state index contributed by atoms with van der Waals surface area (Å²) in [6.07, 6.45) is 0.230. The van der Waals surface area contributed by atoms with Gasteiger partial charge in [-0.1, -0.05) is 0 Å². The number of hydrogen-bond acceptors (Lipinski definition) is 8. The van der Waals surface area contributed by atoms with Crippen molar-refractivity contribution >= 4 is 23.6 Å². The average Bonchev–Trinajstić information content (AvgIpc) is 3.17. The van der Waals surface area contributed by atoms with Crippen molar-refractivity contribution in [2.24, 2.45) is 58.9 Å². The molecule has 0 aromatic heterocycles. The van der Waals surface area contributed by atoms with Gasteiger partial charge < -0.3 is 0 Å². The molecule has 0 aromatic carbocycles. The second-order valence-corrected chi connectivity index (χ2v) is 6.09. The number of carbonyl (C=O) groups is 4. The number of nitrogens with one attached hydrogen (secondary N) is 4. The van der Waals surface area contributed by atoms with Gasteiger partial charge in [-0.25, -0.2) is 23.4 Å². The summed E-state index contributed by atoms with van der Waals surface area (Å²) >= 11 is 0. The number of amides is 4. The molecule has 134 valence electrons. The van der Waals surface area contributed by atoms with E-state index in [0.29, 0.717) is 0 Å². The van der Waals surface area contributed by atoms with Crippen LogP contribution in [0.25, 0.3) is 0 Å². The summed E-state index contributed by atoms with van der Waals surface area (Å²) in [7, 11) is 0. The van der Waals surface area contributed by atoms with Crippen LogP contribution in [0.15, 0.2) is 0 Å². The van der Waals surface area contributed by atoms with Crippen molar-refractivity contribution in [3.05, 3.63) is 0 Å². The molecule has 2 fully saturated rings. The largest absolute Gasteiger partial charge is 0.294 e. The summed E-state index contributed by atoms with van der Waals surface area (Å²) in [4.78, 5) is 48.5. The number of hydrogen-bond donors (Lipinski definition) is 8. The molecule has 0 aromatic rings. The van der Waals surface area contributed by atoms with Gasteiger partial charge in [-0.2, -0.15) is 0 Å². The lowest BCUT2D eigenvalue weighted by Gasteiger charge is -2.24. The fourth-order valence-electron chi connectivity index (χ4n) is 4.36. The number of fused-ring (bicyclic) bond motifs is 1. The molecule has 12 heteroatoms. The van der Waals surface area contributed by atoms with Gasteiger partial charge in [-0.3, -0.25) is 40.9 Å². The van der Waals surface area contributed by atoms with Crippen LogP contribution in [0.2, 0.25) is 0 Å². The monoisotopic (exact) mass is 342 g/mol. The maximum Gasteiger partial charge on any atom is 0.237 e. The molecule has 12 nitrogen and oxygen atoms in total. The molecule has 0 heterocycles. The van der Waals surface area contributed by atoms with Gasteiger partial charge in [-0.15, -0.1) is 0 Å². The summed E-state index contributed by atoms with van der Waals surface area (Å²) in [5.41, 5.74) is 8.17. The van der Waals surface area contributed by atoms with Crippen LogP contribution in [0.3, 0.4) is 0 Å². The van der Waals surface area contributed by atoms with Crippen LogP contribution in [0.4, 0.5) is 0 Å². The van der Waals surface area contributed by atoms with E-state index < -0.39 is 59.1 Å². The first-order valence-electron chi connectivity index (χ1n) is 7.43. The zero-order chi connectivity index (χ0) is 18.0. The SMILES string of the molecule is NNC(=O)[C@H]1C[C@@H](C(=O)NN)C2C1[C@H](C(=O)NN)C[C@@H]2C(=O)NN. The van der Waals surface area contributed by atoms with Crippen molar-refractivity contribution in [1.29, 1.82) is 0 Å². The second-order valence-electron chi connectivity index (χ2n) is 6.09. The molecule has 2 rings (SSSR count). The van der Waals surface area contributed by atoms with E-state index in [9.17, 15) is 19.2 Å². The molecule has 0 saturated heterocycles. The number of rotatable bonds is 4. The van der Waals surface area contributed by atoms with Gasteiger partial charge in [0, 0.05) is 23.7 Å². The molecule has 24 heavy (non-hydrogen) atoms. The summed E-state index contributed by atoms with van der Waals surface area (Å²) in [6.45, 7) is 0. The number of carbonyl (C=O) groups excluding carboxylic acids is 4. The third-order valence-electron chi connectivity index (χ3n) is 5.23. The van der Waals surface area contributed by atoms with Gasteiger partial charge in [0.1, 0.15) is 0 Å². The Morgan fingerprint density at radius 1 is 0.542 bits per heavy atom. The molecular formula is C12H22N8O4. The molecule has 2 saturated carbocycles. The first-order chi connectivity index (χ1) is 11.4. The Kier molecular flexibility index (Phi) is 5.33. The van der Waals surface area contributed by atoms with Gasteiger partial charge in [0.2, 0.25) is 23.6 Å². The van der Waals surface area contributed by atoms with Gasteiger partial charge in [0.25, 0.3) is 0 Å². The summed E-state index contributed by atoms with van der Waals surface area (Å²) < 4.78 is 0. The molecule has 0 radical (unpaired) electrons. The molecule has 2 unspecified atom stereocenters. The highest BCUT2D eigenvalue weighted by atomic mass is 16.2. The lowest BCUT2D eigenvalue weighted by molar-refractivity contribution is -0.131. The standard InChI is InChI=1S/C12H22N8O4/c13-17-9(21)3-1-4(10(22)18-14)8-6(12(24)20-16)2-5(7(3)8)11(23)19-15/h3-8H,1-2,13-16H2,(H,17,21)(H,18,22)(H,19,23)(H,20,24)/t3-,4+,5+,6-,7?,8?. The minimum absolute atomic E-state index is 0.115. The predicted octanol–water partition coefficient (Wildman–Crippen LogP) is -4.55. The topological polar surface area (TPSA) is 220 Å².